The van der Waals surface area contributed by atoms with E-state index in [1.54, 1.807) is 0 Å². The van der Waals surface area contributed by atoms with Crippen LogP contribution >= 0.6 is 0 Å². The monoisotopic (exact) mass is 323 g/mol. The molecule has 3 heterocycles. The third kappa shape index (κ3) is 3.97. The highest BCUT2D eigenvalue weighted by Gasteiger charge is 2.26. The maximum atomic E-state index is 12.5. The Labute approximate surface area is 136 Å². The molecule has 0 N–H and O–H groups in total. The first-order valence-electron chi connectivity index (χ1n) is 8.37. The van der Waals surface area contributed by atoms with Gasteiger partial charge >= 0.3 is 6.03 Å². The number of amides is 2. The van der Waals surface area contributed by atoms with Crippen LogP contribution in [0.15, 0.2) is 0 Å². The van der Waals surface area contributed by atoms with E-state index in [9.17, 15) is 4.79 Å². The van der Waals surface area contributed by atoms with Crippen molar-refractivity contribution in [3.05, 3.63) is 5.82 Å². The average Bonchev–Trinajstić information content (AvgIpc) is 3.03. The van der Waals surface area contributed by atoms with Gasteiger partial charge in [-0.2, -0.15) is 0 Å². The first-order chi connectivity index (χ1) is 11.3. The van der Waals surface area contributed by atoms with Gasteiger partial charge in [-0.05, 0) is 16.8 Å². The number of aryl methyl sites for hydroxylation is 1. The number of carbonyl (C=O) groups excluding carboxylic acids is 1. The number of ether oxygens (including phenoxy) is 1. The quantitative estimate of drug-likeness (QED) is 0.754. The molecule has 3 rings (SSSR count). The topological polar surface area (TPSA) is 79.6 Å². The van der Waals surface area contributed by atoms with E-state index in [4.69, 9.17) is 4.74 Å². The molecule has 0 aliphatic carbocycles. The van der Waals surface area contributed by atoms with Gasteiger partial charge in [-0.25, -0.2) is 9.48 Å². The molecule has 1 aromatic rings. The Morgan fingerprint density at radius 2 is 1.78 bits per heavy atom. The third-order valence-corrected chi connectivity index (χ3v) is 4.33. The van der Waals surface area contributed by atoms with Crippen LogP contribution in [0.2, 0.25) is 0 Å². The number of carbonyl (C=O) groups is 1. The predicted molar refractivity (Wildman–Crippen MR) is 82.7 cm³/mol. The van der Waals surface area contributed by atoms with Gasteiger partial charge in [-0.15, -0.1) is 5.10 Å². The SMILES string of the molecule is CCCn1nnnc1CN1CCN(C(=O)N2CCOCC2)CC1. The van der Waals surface area contributed by atoms with E-state index in [0.717, 1.165) is 51.5 Å². The molecular formula is C14H25N7O2. The van der Waals surface area contributed by atoms with Crippen LogP contribution in [0.25, 0.3) is 0 Å². The van der Waals surface area contributed by atoms with Crippen LogP contribution < -0.4 is 0 Å². The Morgan fingerprint density at radius 3 is 2.48 bits per heavy atom. The molecular weight excluding hydrogens is 298 g/mol. The number of nitrogens with zero attached hydrogens (tertiary/aromatic N) is 7. The molecule has 2 saturated heterocycles. The van der Waals surface area contributed by atoms with Crippen LogP contribution in [-0.2, 0) is 17.8 Å². The van der Waals surface area contributed by atoms with Gasteiger partial charge in [0.15, 0.2) is 5.82 Å². The summed E-state index contributed by atoms with van der Waals surface area (Å²) in [5, 5.41) is 11.9. The number of rotatable bonds is 4. The fourth-order valence-corrected chi connectivity index (χ4v) is 2.97. The standard InChI is InChI=1S/C14H25N7O2/c1-2-3-21-13(15-16-17-21)12-18-4-6-19(7-5-18)14(22)20-8-10-23-11-9-20/h2-12H2,1H3. The fraction of sp³-hybridized carbons (Fsp3) is 0.857. The highest BCUT2D eigenvalue weighted by Crippen LogP contribution is 2.10. The fourth-order valence-electron chi connectivity index (χ4n) is 2.97. The van der Waals surface area contributed by atoms with Crippen molar-refractivity contribution in [1.82, 2.24) is 34.9 Å². The van der Waals surface area contributed by atoms with Crippen molar-refractivity contribution in [2.45, 2.75) is 26.4 Å². The van der Waals surface area contributed by atoms with Gasteiger partial charge in [-0.3, -0.25) is 4.90 Å². The normalized spacial score (nSPS) is 20.0. The Bertz CT molecular complexity index is 507. The van der Waals surface area contributed by atoms with Crippen molar-refractivity contribution in [2.75, 3.05) is 52.5 Å². The van der Waals surface area contributed by atoms with E-state index in [1.165, 1.54) is 0 Å². The highest BCUT2D eigenvalue weighted by molar-refractivity contribution is 5.74. The van der Waals surface area contributed by atoms with E-state index in [0.29, 0.717) is 26.3 Å². The van der Waals surface area contributed by atoms with Crippen LogP contribution in [0, 0.1) is 0 Å². The predicted octanol–water partition coefficient (Wildman–Crippen LogP) is -0.347. The number of piperazine rings is 1. The van der Waals surface area contributed by atoms with Gasteiger partial charge in [0.2, 0.25) is 0 Å². The molecule has 0 radical (unpaired) electrons. The van der Waals surface area contributed by atoms with Crippen LogP contribution in [-0.4, -0.2) is 93.4 Å². The Hall–Kier alpha value is -1.74. The van der Waals surface area contributed by atoms with Crippen molar-refractivity contribution in [3.63, 3.8) is 0 Å². The van der Waals surface area contributed by atoms with Crippen LogP contribution in [0.4, 0.5) is 4.79 Å². The molecule has 0 bridgehead atoms. The zero-order chi connectivity index (χ0) is 16.1. The second-order valence-electron chi connectivity index (χ2n) is 5.96. The minimum Gasteiger partial charge on any atom is -0.378 e. The number of hydrogen-bond acceptors (Lipinski definition) is 6. The Balaban J connectivity index is 1.48. The maximum Gasteiger partial charge on any atom is 0.320 e. The van der Waals surface area contributed by atoms with Gasteiger partial charge in [-0.1, -0.05) is 6.92 Å². The Kier molecular flexibility index (Phi) is 5.39. The number of hydrogen-bond donors (Lipinski definition) is 0. The maximum absolute atomic E-state index is 12.5. The molecule has 9 nitrogen and oxygen atoms in total. The summed E-state index contributed by atoms with van der Waals surface area (Å²) in [6.07, 6.45) is 1.01. The minimum atomic E-state index is 0.142. The molecule has 2 amide bonds. The average molecular weight is 323 g/mol. The third-order valence-electron chi connectivity index (χ3n) is 4.33. The molecule has 9 heteroatoms. The van der Waals surface area contributed by atoms with Crippen molar-refractivity contribution in [2.24, 2.45) is 0 Å². The summed E-state index contributed by atoms with van der Waals surface area (Å²) < 4.78 is 7.17. The van der Waals surface area contributed by atoms with Gasteiger partial charge in [0.05, 0.1) is 19.8 Å². The van der Waals surface area contributed by atoms with Crippen LogP contribution in [0.1, 0.15) is 19.2 Å². The van der Waals surface area contributed by atoms with Crippen LogP contribution in [0.5, 0.6) is 0 Å². The summed E-state index contributed by atoms with van der Waals surface area (Å²) in [6, 6.07) is 0.142. The van der Waals surface area contributed by atoms with Crippen molar-refractivity contribution < 1.29 is 9.53 Å². The minimum absolute atomic E-state index is 0.142. The lowest BCUT2D eigenvalue weighted by molar-refractivity contribution is 0.0371. The lowest BCUT2D eigenvalue weighted by Crippen LogP contribution is -2.54. The van der Waals surface area contributed by atoms with Gasteiger partial charge < -0.3 is 14.5 Å². The zero-order valence-corrected chi connectivity index (χ0v) is 13.7. The van der Waals surface area contributed by atoms with Gasteiger partial charge in [0.1, 0.15) is 0 Å². The number of aromatic nitrogens is 4. The summed E-state index contributed by atoms with van der Waals surface area (Å²) in [5.74, 6) is 0.903. The zero-order valence-electron chi connectivity index (χ0n) is 13.7. The highest BCUT2D eigenvalue weighted by atomic mass is 16.5. The van der Waals surface area contributed by atoms with Gasteiger partial charge in [0, 0.05) is 45.8 Å². The van der Waals surface area contributed by atoms with E-state index in [2.05, 4.69) is 27.3 Å². The van der Waals surface area contributed by atoms with Gasteiger partial charge in [0.25, 0.3) is 0 Å². The van der Waals surface area contributed by atoms with Crippen molar-refractivity contribution >= 4 is 6.03 Å². The smallest absolute Gasteiger partial charge is 0.320 e. The molecule has 1 aromatic heterocycles. The molecule has 0 saturated carbocycles. The lowest BCUT2D eigenvalue weighted by Gasteiger charge is -2.38. The number of tetrazole rings is 1. The molecule has 128 valence electrons. The largest absolute Gasteiger partial charge is 0.378 e. The summed E-state index contributed by atoms with van der Waals surface area (Å²) in [5.41, 5.74) is 0. The summed E-state index contributed by atoms with van der Waals surface area (Å²) in [6.45, 7) is 9.61. The number of urea groups is 1. The molecule has 0 unspecified atom stereocenters. The molecule has 0 aromatic carbocycles. The van der Waals surface area contributed by atoms with E-state index in [-0.39, 0.29) is 6.03 Å². The number of morpholine rings is 1. The van der Waals surface area contributed by atoms with Crippen molar-refractivity contribution in [1.29, 1.82) is 0 Å². The second-order valence-corrected chi connectivity index (χ2v) is 5.96. The van der Waals surface area contributed by atoms with E-state index >= 15 is 0 Å². The molecule has 2 aliphatic rings. The lowest BCUT2D eigenvalue weighted by atomic mass is 10.3. The van der Waals surface area contributed by atoms with Crippen LogP contribution in [0.3, 0.4) is 0 Å². The second kappa shape index (κ2) is 7.69. The summed E-state index contributed by atoms with van der Waals surface area (Å²) in [7, 11) is 0. The Morgan fingerprint density at radius 1 is 1.09 bits per heavy atom. The molecule has 2 fully saturated rings. The summed E-state index contributed by atoms with van der Waals surface area (Å²) in [4.78, 5) is 18.6. The molecule has 0 atom stereocenters. The first kappa shape index (κ1) is 16.1. The van der Waals surface area contributed by atoms with E-state index in [1.807, 2.05) is 14.5 Å². The molecule has 0 spiro atoms. The molecule has 23 heavy (non-hydrogen) atoms. The summed E-state index contributed by atoms with van der Waals surface area (Å²) >= 11 is 0. The van der Waals surface area contributed by atoms with Crippen molar-refractivity contribution in [3.8, 4) is 0 Å². The van der Waals surface area contributed by atoms with E-state index < -0.39 is 0 Å². The molecule has 2 aliphatic heterocycles. The first-order valence-corrected chi connectivity index (χ1v) is 8.37.